The predicted molar refractivity (Wildman–Crippen MR) is 199 cm³/mol. The number of esters is 2. The number of carboxylic acids is 5. The van der Waals surface area contributed by atoms with Crippen molar-refractivity contribution in [2.75, 3.05) is 20.3 Å². The third-order valence-electron chi connectivity index (χ3n) is 3.54. The molecular formula is C37H47NO15. The summed E-state index contributed by atoms with van der Waals surface area (Å²) in [5.74, 6) is -6.79. The van der Waals surface area contributed by atoms with Crippen molar-refractivity contribution in [3.8, 4) is 6.07 Å². The number of aliphatic carboxylic acids is 5. The highest BCUT2D eigenvalue weighted by Crippen LogP contribution is 1.97. The molecule has 6 N–H and O–H groups in total. The smallest absolute Gasteiger partial charge is 0.332 e. The Kier molecular flexibility index (Phi) is 56.3. The van der Waals surface area contributed by atoms with Gasteiger partial charge in [-0.3, -0.25) is 4.79 Å². The van der Waals surface area contributed by atoms with Gasteiger partial charge in [0.25, 0.3) is 0 Å². The molecule has 0 spiro atoms. The molecule has 0 aromatic heterocycles. The Morgan fingerprint density at radius 3 is 1.34 bits per heavy atom. The van der Waals surface area contributed by atoms with Gasteiger partial charge in [-0.25, -0.2) is 28.8 Å². The van der Waals surface area contributed by atoms with Gasteiger partial charge in [0, 0.05) is 41.5 Å². The number of rotatable bonds is 12. The maximum Gasteiger partial charge on any atom is 0.332 e. The zero-order chi connectivity index (χ0) is 43.2. The number of allylic oxidation sites excluding steroid dienone is 3. The molecule has 1 rings (SSSR count). The lowest BCUT2D eigenvalue weighted by molar-refractivity contribution is -0.139. The Bertz CT molecular complexity index is 1380. The van der Waals surface area contributed by atoms with E-state index in [9.17, 15) is 33.6 Å². The Labute approximate surface area is 308 Å². The topological polar surface area (TPSA) is 283 Å². The van der Waals surface area contributed by atoms with Crippen LogP contribution in [0.4, 0.5) is 0 Å². The molecule has 0 heterocycles. The van der Waals surface area contributed by atoms with E-state index in [0.29, 0.717) is 17.7 Å². The van der Waals surface area contributed by atoms with Crippen LogP contribution in [0.2, 0.25) is 0 Å². The molecule has 1 aromatic rings. The number of nitriles is 1. The number of ether oxygens (including phenoxy) is 2. The number of aliphatic hydroxyl groups excluding tert-OH is 1. The summed E-state index contributed by atoms with van der Waals surface area (Å²) in [6.07, 6.45) is 8.79. The number of carbonyl (C=O) groups is 7. The van der Waals surface area contributed by atoms with E-state index in [1.807, 2.05) is 36.4 Å². The van der Waals surface area contributed by atoms with Gasteiger partial charge in [-0.2, -0.15) is 5.26 Å². The molecule has 1 aromatic carbocycles. The molecule has 0 aliphatic rings. The standard InChI is InChI=1S/C8H8.C5H6O4.C5H8O3.C5H8O2.C4H4O4.C4H6.C3H3N.C3H4O2/c1-2-8-6-4-3-5-7-8;1-3(5(8)9)2-4(6)7;1-2-5(7)8-4-3-6;1-4(2)5(6)7-3;5-3(6)1-2-4(7)8;1-3-4-2;1-2-3-4;1-2-3(4)5/h2-7H,1H2;1-2H2,(H,6,7)(H,8,9);2,6H,1,3-4H2;1H2,2-3H3;1-2H,(H,5,6)(H,7,8);3-4H,1-2H2;2H,1H2;2H,1H2,(H,4,5)/b;;;;2-1-;;;. The molecule has 0 fully saturated rings. The molecule has 16 heteroatoms. The molecular weight excluding hydrogens is 698 g/mol. The fourth-order valence-corrected chi connectivity index (χ4v) is 1.37. The van der Waals surface area contributed by atoms with Gasteiger partial charge in [0.2, 0.25) is 0 Å². The molecule has 290 valence electrons. The monoisotopic (exact) mass is 745 g/mol. The van der Waals surface area contributed by atoms with E-state index in [4.69, 9.17) is 35.9 Å². The van der Waals surface area contributed by atoms with Crippen LogP contribution in [0.25, 0.3) is 6.08 Å². The van der Waals surface area contributed by atoms with E-state index >= 15 is 0 Å². The van der Waals surface area contributed by atoms with Crippen molar-refractivity contribution in [1.82, 2.24) is 0 Å². The van der Waals surface area contributed by atoms with Crippen molar-refractivity contribution < 1.29 is 73.7 Å². The number of nitrogens with zero attached hydrogens (tertiary/aromatic N) is 1. The van der Waals surface area contributed by atoms with Crippen LogP contribution in [0.15, 0.2) is 137 Å². The van der Waals surface area contributed by atoms with Crippen LogP contribution in [0.5, 0.6) is 0 Å². The number of methoxy groups -OCH3 is 1. The molecule has 0 saturated heterocycles. The highest BCUT2D eigenvalue weighted by molar-refractivity contribution is 5.91. The molecule has 0 radical (unpaired) electrons. The number of hydrogen-bond donors (Lipinski definition) is 6. The van der Waals surface area contributed by atoms with Crippen LogP contribution in [0, 0.1) is 11.3 Å². The van der Waals surface area contributed by atoms with Gasteiger partial charge in [-0.1, -0.05) is 101 Å². The Morgan fingerprint density at radius 2 is 1.19 bits per heavy atom. The summed E-state index contributed by atoms with van der Waals surface area (Å²) in [5, 5.41) is 54.9. The van der Waals surface area contributed by atoms with Gasteiger partial charge in [-0.15, -0.1) is 0 Å². The lowest BCUT2D eigenvalue weighted by Gasteiger charge is -1.94. The molecule has 0 unspecified atom stereocenters. The van der Waals surface area contributed by atoms with Gasteiger partial charge in [0.05, 0.1) is 26.2 Å². The first-order valence-corrected chi connectivity index (χ1v) is 13.9. The van der Waals surface area contributed by atoms with Crippen LogP contribution in [-0.2, 0) is 43.0 Å². The highest BCUT2D eigenvalue weighted by Gasteiger charge is 2.07. The molecule has 0 atom stereocenters. The summed E-state index contributed by atoms with van der Waals surface area (Å²) in [4.78, 5) is 68.3. The molecule has 16 nitrogen and oxygen atoms in total. The summed E-state index contributed by atoms with van der Waals surface area (Å²) in [7, 11) is 1.33. The first kappa shape index (κ1) is 60.9. The number of carbonyl (C=O) groups excluding carboxylic acids is 2. The van der Waals surface area contributed by atoms with Crippen molar-refractivity contribution in [3.63, 3.8) is 0 Å². The highest BCUT2D eigenvalue weighted by atomic mass is 16.5. The third kappa shape index (κ3) is 81.1. The van der Waals surface area contributed by atoms with E-state index < -0.39 is 42.2 Å². The van der Waals surface area contributed by atoms with E-state index in [2.05, 4.69) is 62.1 Å². The van der Waals surface area contributed by atoms with Crippen LogP contribution < -0.4 is 0 Å². The fourth-order valence-electron chi connectivity index (χ4n) is 1.37. The van der Waals surface area contributed by atoms with E-state index in [-0.39, 0.29) is 24.8 Å². The minimum Gasteiger partial charge on any atom is -0.481 e. The normalized spacial score (nSPS) is 7.66. The summed E-state index contributed by atoms with van der Waals surface area (Å²) in [5.41, 5.74) is 1.30. The number of carboxylic acid groups (broad SMARTS) is 5. The molecule has 53 heavy (non-hydrogen) atoms. The first-order valence-electron chi connectivity index (χ1n) is 13.9. The molecule has 0 saturated carbocycles. The maximum absolute atomic E-state index is 10.2. The average Bonchev–Trinajstić information content (AvgIpc) is 3.13. The number of benzene rings is 1. The van der Waals surface area contributed by atoms with Crippen molar-refractivity contribution >= 4 is 47.9 Å². The minimum absolute atomic E-state index is 0.0465. The van der Waals surface area contributed by atoms with Gasteiger partial charge in [-0.05, 0) is 12.5 Å². The predicted octanol–water partition coefficient (Wildman–Crippen LogP) is 4.90. The summed E-state index contributed by atoms with van der Waals surface area (Å²) in [6, 6.07) is 11.7. The Morgan fingerprint density at radius 1 is 0.774 bits per heavy atom. The second kappa shape index (κ2) is 49.0. The van der Waals surface area contributed by atoms with Gasteiger partial charge < -0.3 is 40.1 Å². The van der Waals surface area contributed by atoms with Crippen LogP contribution in [0.3, 0.4) is 0 Å². The first-order chi connectivity index (χ1) is 24.7. The molecule has 0 aliphatic carbocycles. The quantitative estimate of drug-likeness (QED) is 0.0718. The third-order valence-corrected chi connectivity index (χ3v) is 3.54. The van der Waals surface area contributed by atoms with Crippen molar-refractivity contribution in [3.05, 3.63) is 142 Å². The Hall–Kier alpha value is -7.38. The zero-order valence-electron chi connectivity index (χ0n) is 29.6. The lowest BCUT2D eigenvalue weighted by atomic mass is 10.2. The van der Waals surface area contributed by atoms with E-state index in [1.165, 1.54) is 18.7 Å². The zero-order valence-corrected chi connectivity index (χ0v) is 29.6. The van der Waals surface area contributed by atoms with Crippen LogP contribution in [-0.4, -0.2) is 92.7 Å². The SMILES string of the molecule is C=C(C)C(=O)OC.C=C(CC(=O)O)C(=O)O.C=CC#N.C=CC(=O)O.C=CC(=O)OCCO.C=CC=C.C=Cc1ccccc1.O=C(O)/C=C\C(=O)O. The van der Waals surface area contributed by atoms with Gasteiger partial charge in [0.1, 0.15) is 6.61 Å². The van der Waals surface area contributed by atoms with Crippen molar-refractivity contribution in [2.24, 2.45) is 0 Å². The second-order valence-corrected chi connectivity index (χ2v) is 7.82. The maximum atomic E-state index is 10.2. The summed E-state index contributed by atoms with van der Waals surface area (Å²) >= 11 is 0. The molecule has 0 amide bonds. The Balaban J connectivity index is -0.0000000926. The van der Waals surface area contributed by atoms with Gasteiger partial charge >= 0.3 is 41.8 Å². The largest absolute Gasteiger partial charge is 0.481 e. The molecule has 0 bridgehead atoms. The summed E-state index contributed by atoms with van der Waals surface area (Å²) < 4.78 is 8.61. The average molecular weight is 746 g/mol. The van der Waals surface area contributed by atoms with E-state index in [0.717, 1.165) is 12.2 Å². The number of hydrogen-bond acceptors (Lipinski definition) is 11. The fraction of sp³-hybridized carbons (Fsp3) is 0.135. The second-order valence-electron chi connectivity index (χ2n) is 7.82. The summed E-state index contributed by atoms with van der Waals surface area (Å²) in [6.45, 7) is 27.5. The van der Waals surface area contributed by atoms with Crippen molar-refractivity contribution in [2.45, 2.75) is 13.3 Å². The lowest BCUT2D eigenvalue weighted by Crippen LogP contribution is -2.04. The van der Waals surface area contributed by atoms with Gasteiger partial charge in [0.15, 0.2) is 0 Å². The minimum atomic E-state index is -1.27. The molecule has 0 aliphatic heterocycles. The van der Waals surface area contributed by atoms with Crippen molar-refractivity contribution in [1.29, 1.82) is 5.26 Å². The number of aliphatic hydroxyl groups is 1. The van der Waals surface area contributed by atoms with Crippen LogP contribution >= 0.6 is 0 Å². The van der Waals surface area contributed by atoms with E-state index in [1.54, 1.807) is 25.1 Å². The van der Waals surface area contributed by atoms with Crippen LogP contribution in [0.1, 0.15) is 18.9 Å².